The van der Waals surface area contributed by atoms with Gasteiger partial charge in [-0.15, -0.1) is 0 Å². The van der Waals surface area contributed by atoms with E-state index in [4.69, 9.17) is 20.8 Å². The Morgan fingerprint density at radius 3 is 2.73 bits per heavy atom. The summed E-state index contributed by atoms with van der Waals surface area (Å²) in [6.45, 7) is 5.51. The van der Waals surface area contributed by atoms with E-state index in [0.717, 1.165) is 25.9 Å². The summed E-state index contributed by atoms with van der Waals surface area (Å²) >= 11 is 6.07. The number of ether oxygens (including phenoxy) is 1. The van der Waals surface area contributed by atoms with Crippen molar-refractivity contribution >= 4 is 23.4 Å². The minimum Gasteiger partial charge on any atom is -0.467 e. The van der Waals surface area contributed by atoms with Crippen molar-refractivity contribution in [3.05, 3.63) is 59.0 Å². The second-order valence-electron chi connectivity index (χ2n) is 7.69. The molecule has 0 N–H and O–H groups in total. The molecule has 3 rings (SSSR count). The van der Waals surface area contributed by atoms with Gasteiger partial charge in [-0.1, -0.05) is 24.6 Å². The van der Waals surface area contributed by atoms with E-state index in [0.29, 0.717) is 29.4 Å². The number of halogens is 1. The maximum absolute atomic E-state index is 13.3. The van der Waals surface area contributed by atoms with Gasteiger partial charge in [0, 0.05) is 29.8 Å². The molecule has 0 bridgehead atoms. The molecule has 1 aromatic heterocycles. The van der Waals surface area contributed by atoms with Crippen molar-refractivity contribution in [1.29, 1.82) is 0 Å². The Bertz CT molecular complexity index is 833. The van der Waals surface area contributed by atoms with E-state index < -0.39 is 0 Å². The molecule has 1 aliphatic rings. The largest absolute Gasteiger partial charge is 0.467 e. The zero-order chi connectivity index (χ0) is 21.5. The Morgan fingerprint density at radius 1 is 1.27 bits per heavy atom. The van der Waals surface area contributed by atoms with E-state index in [1.54, 1.807) is 46.4 Å². The zero-order valence-corrected chi connectivity index (χ0v) is 18.3. The maximum atomic E-state index is 13.3. The molecule has 0 spiro atoms. The third-order valence-electron chi connectivity index (χ3n) is 5.49. The molecule has 0 aliphatic carbocycles. The molecule has 2 atom stereocenters. The molecule has 2 heterocycles. The van der Waals surface area contributed by atoms with E-state index in [2.05, 4.69) is 0 Å². The second kappa shape index (κ2) is 10.6. The van der Waals surface area contributed by atoms with Gasteiger partial charge in [-0.2, -0.15) is 0 Å². The lowest BCUT2D eigenvalue weighted by molar-refractivity contribution is -0.134. The third kappa shape index (κ3) is 5.86. The van der Waals surface area contributed by atoms with Crippen LogP contribution in [0.25, 0.3) is 0 Å². The smallest absolute Gasteiger partial charge is 0.254 e. The lowest BCUT2D eigenvalue weighted by atomic mass is 10.1. The van der Waals surface area contributed by atoms with E-state index in [-0.39, 0.29) is 30.5 Å². The van der Waals surface area contributed by atoms with Crippen LogP contribution in [0.4, 0.5) is 0 Å². The van der Waals surface area contributed by atoms with Crippen molar-refractivity contribution in [1.82, 2.24) is 9.80 Å². The molecule has 1 fully saturated rings. The molecule has 0 saturated carbocycles. The van der Waals surface area contributed by atoms with Crippen molar-refractivity contribution in [3.63, 3.8) is 0 Å². The summed E-state index contributed by atoms with van der Waals surface area (Å²) in [4.78, 5) is 29.8. The molecule has 162 valence electrons. The first kappa shape index (κ1) is 22.4. The Balaban J connectivity index is 1.77. The van der Waals surface area contributed by atoms with Crippen molar-refractivity contribution in [2.45, 2.75) is 51.8 Å². The van der Waals surface area contributed by atoms with Gasteiger partial charge in [0.25, 0.3) is 5.91 Å². The molecule has 1 aromatic carbocycles. The predicted molar refractivity (Wildman–Crippen MR) is 115 cm³/mol. The summed E-state index contributed by atoms with van der Waals surface area (Å²) < 4.78 is 11.2. The predicted octanol–water partition coefficient (Wildman–Crippen LogP) is 4.38. The summed E-state index contributed by atoms with van der Waals surface area (Å²) in [5.74, 6) is 0.380. The van der Waals surface area contributed by atoms with Gasteiger partial charge in [0.1, 0.15) is 12.3 Å². The SMILES string of the molecule is CCC(C)N(CC(=O)N(Cc1ccco1)CC1CCCO1)C(=O)c1cccc(Cl)c1. The minimum atomic E-state index is -0.199. The number of rotatable bonds is 9. The monoisotopic (exact) mass is 432 g/mol. The highest BCUT2D eigenvalue weighted by Crippen LogP contribution is 2.18. The fraction of sp³-hybridized carbons (Fsp3) is 0.478. The highest BCUT2D eigenvalue weighted by Gasteiger charge is 2.28. The van der Waals surface area contributed by atoms with Crippen LogP contribution in [0.3, 0.4) is 0 Å². The van der Waals surface area contributed by atoms with E-state index in [9.17, 15) is 9.59 Å². The van der Waals surface area contributed by atoms with Crippen LogP contribution in [0.5, 0.6) is 0 Å². The molecule has 2 unspecified atom stereocenters. The summed E-state index contributed by atoms with van der Waals surface area (Å²) in [6.07, 6.45) is 4.28. The van der Waals surface area contributed by atoms with Gasteiger partial charge in [0.05, 0.1) is 18.9 Å². The van der Waals surface area contributed by atoms with Crippen molar-refractivity contribution in [2.24, 2.45) is 0 Å². The summed E-state index contributed by atoms with van der Waals surface area (Å²) in [6, 6.07) is 10.4. The van der Waals surface area contributed by atoms with E-state index in [1.807, 2.05) is 19.9 Å². The number of carbonyl (C=O) groups excluding carboxylic acids is 2. The molecule has 1 saturated heterocycles. The van der Waals surface area contributed by atoms with Gasteiger partial charge in [-0.3, -0.25) is 9.59 Å². The lowest BCUT2D eigenvalue weighted by Gasteiger charge is -2.32. The van der Waals surface area contributed by atoms with Gasteiger partial charge in [-0.25, -0.2) is 0 Å². The molecular formula is C23H29ClN2O4. The number of benzene rings is 1. The highest BCUT2D eigenvalue weighted by molar-refractivity contribution is 6.31. The number of hydrogen-bond donors (Lipinski definition) is 0. The van der Waals surface area contributed by atoms with Gasteiger partial charge in [0.2, 0.25) is 5.91 Å². The molecular weight excluding hydrogens is 404 g/mol. The zero-order valence-electron chi connectivity index (χ0n) is 17.6. The van der Waals surface area contributed by atoms with E-state index >= 15 is 0 Å². The topological polar surface area (TPSA) is 63.0 Å². The van der Waals surface area contributed by atoms with Crippen molar-refractivity contribution in [3.8, 4) is 0 Å². The third-order valence-corrected chi connectivity index (χ3v) is 5.72. The number of amides is 2. The number of furan rings is 1. The molecule has 6 nitrogen and oxygen atoms in total. The Hall–Kier alpha value is -2.31. The van der Waals surface area contributed by atoms with Crippen molar-refractivity contribution in [2.75, 3.05) is 19.7 Å². The van der Waals surface area contributed by atoms with Gasteiger partial charge in [0.15, 0.2) is 0 Å². The van der Waals surface area contributed by atoms with E-state index in [1.165, 1.54) is 0 Å². The lowest BCUT2D eigenvalue weighted by Crippen LogP contribution is -2.47. The van der Waals surface area contributed by atoms with Crippen LogP contribution in [-0.2, 0) is 16.1 Å². The molecule has 2 amide bonds. The average molecular weight is 433 g/mol. The first-order valence-corrected chi connectivity index (χ1v) is 10.8. The van der Waals surface area contributed by atoms with Crippen LogP contribution in [0, 0.1) is 0 Å². The second-order valence-corrected chi connectivity index (χ2v) is 8.13. The van der Waals surface area contributed by atoms with Crippen LogP contribution in [0.1, 0.15) is 49.2 Å². The van der Waals surface area contributed by atoms with Crippen LogP contribution in [0.2, 0.25) is 5.02 Å². The summed E-state index contributed by atoms with van der Waals surface area (Å²) in [5.41, 5.74) is 0.479. The highest BCUT2D eigenvalue weighted by atomic mass is 35.5. The molecule has 7 heteroatoms. The van der Waals surface area contributed by atoms with Crippen LogP contribution in [0.15, 0.2) is 47.1 Å². The van der Waals surface area contributed by atoms with Crippen LogP contribution < -0.4 is 0 Å². The number of carbonyl (C=O) groups is 2. The number of hydrogen-bond acceptors (Lipinski definition) is 4. The number of nitrogens with zero attached hydrogens (tertiary/aromatic N) is 2. The molecule has 0 radical (unpaired) electrons. The molecule has 1 aliphatic heterocycles. The average Bonchev–Trinajstić information content (AvgIpc) is 3.44. The summed E-state index contributed by atoms with van der Waals surface area (Å²) in [5, 5.41) is 0.495. The first-order chi connectivity index (χ1) is 14.5. The maximum Gasteiger partial charge on any atom is 0.254 e. The van der Waals surface area contributed by atoms with Crippen molar-refractivity contribution < 1.29 is 18.7 Å². The minimum absolute atomic E-state index is 0.00617. The van der Waals surface area contributed by atoms with Gasteiger partial charge in [-0.05, 0) is 56.5 Å². The Morgan fingerprint density at radius 2 is 2.10 bits per heavy atom. The van der Waals surface area contributed by atoms with Crippen LogP contribution >= 0.6 is 11.6 Å². The molecule has 2 aromatic rings. The fourth-order valence-corrected chi connectivity index (χ4v) is 3.75. The normalized spacial score (nSPS) is 17.0. The Labute approximate surface area is 182 Å². The standard InChI is InChI=1S/C23H29ClN2O4/c1-3-17(2)26(23(28)18-7-4-8-19(24)13-18)16-22(27)25(14-20-9-5-11-29-20)15-21-10-6-12-30-21/h4-5,7-9,11,13,17,21H,3,6,10,12,14-16H2,1-2H3. The summed E-state index contributed by atoms with van der Waals surface area (Å²) in [7, 11) is 0. The fourth-order valence-electron chi connectivity index (χ4n) is 3.56. The first-order valence-electron chi connectivity index (χ1n) is 10.5. The quantitative estimate of drug-likeness (QED) is 0.589. The van der Waals surface area contributed by atoms with Gasteiger partial charge >= 0.3 is 0 Å². The molecule has 30 heavy (non-hydrogen) atoms. The van der Waals surface area contributed by atoms with Crippen LogP contribution in [-0.4, -0.2) is 53.5 Å². The Kier molecular flexibility index (Phi) is 7.94. The van der Waals surface area contributed by atoms with Gasteiger partial charge < -0.3 is 19.0 Å².